The van der Waals surface area contributed by atoms with Gasteiger partial charge in [-0.25, -0.2) is 0 Å². The van der Waals surface area contributed by atoms with Gasteiger partial charge in [0.2, 0.25) is 0 Å². The molecule has 10 rings (SSSR count). The quantitative estimate of drug-likeness (QED) is 0.210. The lowest BCUT2D eigenvalue weighted by Gasteiger charge is -2.34. The van der Waals surface area contributed by atoms with Gasteiger partial charge in [-0.3, -0.25) is 4.98 Å². The first-order chi connectivity index (χ1) is 19.9. The molecular formula is C35H20BN3O. The van der Waals surface area contributed by atoms with Crippen LogP contribution in [0.1, 0.15) is 0 Å². The standard InChI is InChI=1S/C35H20BN3O/c1-4-15-29-23(9-1)27-19-21(22-12-7-13-25-24-10-3-6-17-32(24)40-35(22)25)20-31-34(27)39(29)36-28-14-8-18-37-33(28)26-11-2-5-16-30(26)38(31)36/h1-20H. The zero-order chi connectivity index (χ0) is 25.9. The van der Waals surface area contributed by atoms with E-state index in [1.54, 1.807) is 0 Å². The van der Waals surface area contributed by atoms with Crippen molar-refractivity contribution in [3.05, 3.63) is 121 Å². The van der Waals surface area contributed by atoms with Crippen LogP contribution in [0.2, 0.25) is 0 Å². The Kier molecular flexibility index (Phi) is 3.73. The Morgan fingerprint density at radius 1 is 0.625 bits per heavy atom. The molecule has 0 unspecified atom stereocenters. The van der Waals surface area contributed by atoms with Crippen molar-refractivity contribution >= 4 is 67.6 Å². The maximum Gasteiger partial charge on any atom is 0.423 e. The number of anilines is 2. The number of fused-ring (bicyclic) bond motifs is 14. The molecule has 0 spiro atoms. The first kappa shape index (κ1) is 20.6. The number of benzene rings is 5. The van der Waals surface area contributed by atoms with E-state index in [9.17, 15) is 0 Å². The summed E-state index contributed by atoms with van der Waals surface area (Å²) in [6.07, 6.45) is 1.91. The fourth-order valence-corrected chi connectivity index (χ4v) is 7.20. The molecule has 0 saturated heterocycles. The smallest absolute Gasteiger partial charge is 0.423 e. The number of aromatic nitrogens is 2. The van der Waals surface area contributed by atoms with E-state index in [1.165, 1.54) is 44.2 Å². The second-order valence-electron chi connectivity index (χ2n) is 10.8. The van der Waals surface area contributed by atoms with E-state index in [2.05, 4.69) is 118 Å². The molecule has 2 aliphatic heterocycles. The van der Waals surface area contributed by atoms with Crippen molar-refractivity contribution in [2.24, 2.45) is 0 Å². The van der Waals surface area contributed by atoms with E-state index in [-0.39, 0.29) is 6.98 Å². The molecular weight excluding hydrogens is 489 g/mol. The number of pyridine rings is 1. The topological polar surface area (TPSA) is 34.2 Å². The molecule has 3 aromatic heterocycles. The molecule has 0 aliphatic carbocycles. The number of hydrogen-bond donors (Lipinski definition) is 0. The van der Waals surface area contributed by atoms with Gasteiger partial charge in [-0.15, -0.1) is 0 Å². The Hall–Kier alpha value is -5.29. The summed E-state index contributed by atoms with van der Waals surface area (Å²) in [7, 11) is 0. The van der Waals surface area contributed by atoms with Crippen molar-refractivity contribution < 1.29 is 4.42 Å². The monoisotopic (exact) mass is 509 g/mol. The van der Waals surface area contributed by atoms with Crippen molar-refractivity contribution in [1.29, 1.82) is 0 Å². The maximum atomic E-state index is 6.49. The molecule has 2 aliphatic rings. The lowest BCUT2D eigenvalue weighted by Crippen LogP contribution is -2.51. The Bertz CT molecular complexity index is 2370. The fourth-order valence-electron chi connectivity index (χ4n) is 7.20. The Morgan fingerprint density at radius 2 is 1.43 bits per heavy atom. The number of para-hydroxylation sites is 4. The Balaban J connectivity index is 1.34. The molecule has 0 N–H and O–H groups in total. The lowest BCUT2D eigenvalue weighted by molar-refractivity contribution is 0.670. The van der Waals surface area contributed by atoms with E-state index in [0.717, 1.165) is 38.8 Å². The van der Waals surface area contributed by atoms with Crippen LogP contribution >= 0.6 is 0 Å². The van der Waals surface area contributed by atoms with Gasteiger partial charge in [0.15, 0.2) is 0 Å². The summed E-state index contributed by atoms with van der Waals surface area (Å²) in [4.78, 5) is 7.39. The van der Waals surface area contributed by atoms with Gasteiger partial charge in [-0.1, -0.05) is 78.9 Å². The highest BCUT2D eigenvalue weighted by atomic mass is 16.3. The van der Waals surface area contributed by atoms with Gasteiger partial charge < -0.3 is 13.7 Å². The van der Waals surface area contributed by atoms with Gasteiger partial charge in [0.05, 0.1) is 16.9 Å². The van der Waals surface area contributed by atoms with E-state index in [4.69, 9.17) is 9.40 Å². The number of nitrogens with zero attached hydrogens (tertiary/aromatic N) is 3. The van der Waals surface area contributed by atoms with Crippen molar-refractivity contribution in [1.82, 2.24) is 9.46 Å². The summed E-state index contributed by atoms with van der Waals surface area (Å²) in [5, 5.41) is 4.82. The largest absolute Gasteiger partial charge is 0.455 e. The van der Waals surface area contributed by atoms with Crippen LogP contribution in [0.3, 0.4) is 0 Å². The summed E-state index contributed by atoms with van der Waals surface area (Å²) in [6, 6.07) is 41.3. The predicted octanol–water partition coefficient (Wildman–Crippen LogP) is 8.13. The van der Waals surface area contributed by atoms with Crippen molar-refractivity contribution in [3.8, 4) is 22.4 Å². The molecule has 0 radical (unpaired) electrons. The van der Waals surface area contributed by atoms with Gasteiger partial charge in [0, 0.05) is 50.1 Å². The SMILES string of the molecule is c1cnc2c(c1)B1N(c3ccccc3-2)c2cc(-c3cccc4c3oc3ccccc34)cc3c4ccccc4n1c23. The van der Waals surface area contributed by atoms with Crippen LogP contribution in [0.15, 0.2) is 126 Å². The molecule has 40 heavy (non-hydrogen) atoms. The molecule has 0 bridgehead atoms. The number of hydrogen-bond acceptors (Lipinski definition) is 3. The average Bonchev–Trinajstić information content (AvgIpc) is 3.68. The van der Waals surface area contributed by atoms with Gasteiger partial charge >= 0.3 is 6.98 Å². The van der Waals surface area contributed by atoms with Crippen LogP contribution in [-0.2, 0) is 0 Å². The lowest BCUT2D eigenvalue weighted by atomic mass is 9.61. The summed E-state index contributed by atoms with van der Waals surface area (Å²) in [5.74, 6) is 0. The van der Waals surface area contributed by atoms with Gasteiger partial charge in [-0.05, 0) is 47.4 Å². The number of furan rings is 1. The minimum Gasteiger partial charge on any atom is -0.455 e. The molecule has 184 valence electrons. The fraction of sp³-hybridized carbons (Fsp3) is 0. The average molecular weight is 509 g/mol. The van der Waals surface area contributed by atoms with Crippen molar-refractivity contribution in [2.75, 3.05) is 4.81 Å². The van der Waals surface area contributed by atoms with Crippen molar-refractivity contribution in [3.63, 3.8) is 0 Å². The van der Waals surface area contributed by atoms with Crippen LogP contribution in [-0.4, -0.2) is 16.4 Å². The summed E-state index contributed by atoms with van der Waals surface area (Å²) in [5.41, 5.74) is 12.5. The first-order valence-electron chi connectivity index (χ1n) is 13.7. The minimum atomic E-state index is -0.00626. The van der Waals surface area contributed by atoms with Crippen LogP contribution in [0.25, 0.3) is 66.1 Å². The van der Waals surface area contributed by atoms with Crippen LogP contribution in [0.5, 0.6) is 0 Å². The molecule has 5 aromatic carbocycles. The minimum absolute atomic E-state index is 0.00626. The highest BCUT2D eigenvalue weighted by molar-refractivity contribution is 6.82. The van der Waals surface area contributed by atoms with E-state index in [0.29, 0.717) is 0 Å². The highest BCUT2D eigenvalue weighted by Crippen LogP contribution is 2.50. The molecule has 0 amide bonds. The van der Waals surface area contributed by atoms with E-state index >= 15 is 0 Å². The summed E-state index contributed by atoms with van der Waals surface area (Å²) < 4.78 is 9.00. The van der Waals surface area contributed by atoms with Gasteiger partial charge in [-0.2, -0.15) is 0 Å². The second-order valence-corrected chi connectivity index (χ2v) is 10.8. The molecule has 8 aromatic rings. The van der Waals surface area contributed by atoms with Crippen molar-refractivity contribution in [2.45, 2.75) is 0 Å². The van der Waals surface area contributed by atoms with Gasteiger partial charge in [0.25, 0.3) is 0 Å². The predicted molar refractivity (Wildman–Crippen MR) is 165 cm³/mol. The maximum absolute atomic E-state index is 6.49. The van der Waals surface area contributed by atoms with Crippen LogP contribution in [0, 0.1) is 0 Å². The molecule has 5 heteroatoms. The summed E-state index contributed by atoms with van der Waals surface area (Å²) in [6.45, 7) is -0.00626. The first-order valence-corrected chi connectivity index (χ1v) is 13.7. The molecule has 0 fully saturated rings. The second kappa shape index (κ2) is 7.22. The zero-order valence-corrected chi connectivity index (χ0v) is 21.4. The normalized spacial score (nSPS) is 13.4. The highest BCUT2D eigenvalue weighted by Gasteiger charge is 2.45. The van der Waals surface area contributed by atoms with Crippen LogP contribution in [0.4, 0.5) is 11.4 Å². The third-order valence-electron chi connectivity index (χ3n) is 8.78. The van der Waals surface area contributed by atoms with Gasteiger partial charge in [0.1, 0.15) is 11.2 Å². The Labute approximate surface area is 229 Å². The van der Waals surface area contributed by atoms with E-state index < -0.39 is 0 Å². The molecule has 5 heterocycles. The third kappa shape index (κ3) is 2.42. The molecule has 0 atom stereocenters. The molecule has 4 nitrogen and oxygen atoms in total. The molecule has 0 saturated carbocycles. The Morgan fingerprint density at radius 3 is 2.40 bits per heavy atom. The van der Waals surface area contributed by atoms with E-state index in [1.807, 2.05) is 12.3 Å². The van der Waals surface area contributed by atoms with Crippen LogP contribution < -0.4 is 10.3 Å². The summed E-state index contributed by atoms with van der Waals surface area (Å²) >= 11 is 0. The number of rotatable bonds is 1. The third-order valence-corrected chi connectivity index (χ3v) is 8.78. The zero-order valence-electron chi connectivity index (χ0n) is 21.4.